The van der Waals surface area contributed by atoms with E-state index in [1.807, 2.05) is 0 Å². The Morgan fingerprint density at radius 1 is 1.75 bits per heavy atom. The van der Waals surface area contributed by atoms with Crippen molar-refractivity contribution in [2.45, 2.75) is 25.4 Å². The molecule has 12 heavy (non-hydrogen) atoms. The predicted molar refractivity (Wildman–Crippen MR) is 48.2 cm³/mol. The summed E-state index contributed by atoms with van der Waals surface area (Å²) in [7, 11) is 2.06. The minimum Gasteiger partial charge on any atom is -0.365 e. The first-order valence-electron chi connectivity index (χ1n) is 4.33. The molecule has 0 fully saturated rings. The third kappa shape index (κ3) is 2.55. The number of nitrogens with zero attached hydrogens (tertiary/aromatic N) is 2. The molecule has 1 aliphatic rings. The van der Waals surface area contributed by atoms with E-state index in [1.54, 1.807) is 0 Å². The van der Waals surface area contributed by atoms with Gasteiger partial charge in [-0.15, -0.1) is 0 Å². The average molecular weight is 165 g/mol. The molecule has 1 N–H and O–H groups in total. The monoisotopic (exact) mass is 165 g/mol. The Morgan fingerprint density at radius 2 is 2.58 bits per heavy atom. The molecule has 3 nitrogen and oxygen atoms in total. The summed E-state index contributed by atoms with van der Waals surface area (Å²) < 4.78 is 0. The lowest BCUT2D eigenvalue weighted by Crippen LogP contribution is -2.38. The first-order chi connectivity index (χ1) is 5.84. The van der Waals surface area contributed by atoms with Crippen LogP contribution in [-0.4, -0.2) is 24.7 Å². The summed E-state index contributed by atoms with van der Waals surface area (Å²) in [6.45, 7) is 0.935. The van der Waals surface area contributed by atoms with E-state index in [1.165, 1.54) is 0 Å². The third-order valence-corrected chi connectivity index (χ3v) is 2.04. The Morgan fingerprint density at radius 3 is 3.17 bits per heavy atom. The van der Waals surface area contributed by atoms with Gasteiger partial charge in [0, 0.05) is 19.9 Å². The van der Waals surface area contributed by atoms with Gasteiger partial charge in [-0.25, -0.2) is 0 Å². The highest BCUT2D eigenvalue weighted by molar-refractivity contribution is 4.95. The lowest BCUT2D eigenvalue weighted by molar-refractivity contribution is 0.300. The third-order valence-electron chi connectivity index (χ3n) is 2.04. The highest BCUT2D eigenvalue weighted by Gasteiger charge is 2.12. The molecule has 3 heteroatoms. The van der Waals surface area contributed by atoms with E-state index >= 15 is 0 Å². The highest BCUT2D eigenvalue weighted by Crippen LogP contribution is 2.08. The Bertz CT molecular complexity index is 192. The van der Waals surface area contributed by atoms with Crippen LogP contribution in [0.15, 0.2) is 12.3 Å². The molecule has 0 aromatic heterocycles. The summed E-state index contributed by atoms with van der Waals surface area (Å²) in [4.78, 5) is 2.16. The van der Waals surface area contributed by atoms with E-state index < -0.39 is 0 Å². The fourth-order valence-electron chi connectivity index (χ4n) is 1.29. The van der Waals surface area contributed by atoms with E-state index in [2.05, 4.69) is 35.6 Å². The van der Waals surface area contributed by atoms with Crippen LogP contribution in [0.1, 0.15) is 19.3 Å². The number of unbranched alkanes of at least 4 members (excludes halogenated alkanes) is 1. The highest BCUT2D eigenvalue weighted by atomic mass is 15.2. The number of hydrogen-bond donors (Lipinski definition) is 1. The van der Waals surface area contributed by atoms with Crippen molar-refractivity contribution < 1.29 is 0 Å². The fourth-order valence-corrected chi connectivity index (χ4v) is 1.29. The smallest absolute Gasteiger partial charge is 0.0822 e. The van der Waals surface area contributed by atoms with Crippen LogP contribution in [0.4, 0.5) is 0 Å². The molecule has 0 amide bonds. The second-order valence-corrected chi connectivity index (χ2v) is 3.02. The van der Waals surface area contributed by atoms with Crippen LogP contribution in [0.5, 0.6) is 0 Å². The predicted octanol–water partition coefficient (Wildman–Crippen LogP) is 1.06. The molecule has 0 aliphatic carbocycles. The van der Waals surface area contributed by atoms with Gasteiger partial charge in [0.15, 0.2) is 0 Å². The first kappa shape index (κ1) is 9.08. The van der Waals surface area contributed by atoms with Crippen LogP contribution in [-0.2, 0) is 0 Å². The second-order valence-electron chi connectivity index (χ2n) is 3.02. The maximum Gasteiger partial charge on any atom is 0.0822 e. The van der Waals surface area contributed by atoms with Crippen molar-refractivity contribution in [2.24, 2.45) is 0 Å². The van der Waals surface area contributed by atoms with Gasteiger partial charge in [0.25, 0.3) is 0 Å². The quantitative estimate of drug-likeness (QED) is 0.633. The van der Waals surface area contributed by atoms with E-state index in [4.69, 9.17) is 5.26 Å². The molecule has 1 unspecified atom stereocenters. The van der Waals surface area contributed by atoms with Gasteiger partial charge in [0.1, 0.15) is 0 Å². The lowest BCUT2D eigenvalue weighted by atomic mass is 10.3. The van der Waals surface area contributed by atoms with Crippen LogP contribution >= 0.6 is 0 Å². The molecule has 0 aromatic carbocycles. The zero-order valence-electron chi connectivity index (χ0n) is 7.45. The Balaban J connectivity index is 2.05. The van der Waals surface area contributed by atoms with Crippen molar-refractivity contribution in [3.8, 4) is 6.07 Å². The maximum atomic E-state index is 8.31. The topological polar surface area (TPSA) is 39.1 Å². The molecule has 66 valence electrons. The minimum atomic E-state index is 0.448. The van der Waals surface area contributed by atoms with Crippen LogP contribution in [0.25, 0.3) is 0 Å². The zero-order chi connectivity index (χ0) is 8.81. The van der Waals surface area contributed by atoms with Gasteiger partial charge in [-0.05, 0) is 19.2 Å². The largest absolute Gasteiger partial charge is 0.365 e. The van der Waals surface area contributed by atoms with Crippen LogP contribution in [0, 0.1) is 11.3 Å². The van der Waals surface area contributed by atoms with Crippen molar-refractivity contribution in [3.63, 3.8) is 0 Å². The molecule has 0 saturated heterocycles. The molecule has 0 bridgehead atoms. The van der Waals surface area contributed by atoms with E-state index in [9.17, 15) is 0 Å². The molecule has 1 heterocycles. The zero-order valence-corrected chi connectivity index (χ0v) is 7.45. The molecule has 1 aliphatic heterocycles. The SMILES string of the molecule is CN1C=CCC1NCCCC#N. The summed E-state index contributed by atoms with van der Waals surface area (Å²) >= 11 is 0. The van der Waals surface area contributed by atoms with Crippen LogP contribution < -0.4 is 5.32 Å². The number of hydrogen-bond acceptors (Lipinski definition) is 3. The average Bonchev–Trinajstić information content (AvgIpc) is 2.46. The van der Waals surface area contributed by atoms with Gasteiger partial charge < -0.3 is 4.90 Å². The van der Waals surface area contributed by atoms with E-state index in [0.717, 1.165) is 19.4 Å². The van der Waals surface area contributed by atoms with Gasteiger partial charge in [0.2, 0.25) is 0 Å². The van der Waals surface area contributed by atoms with E-state index in [0.29, 0.717) is 12.6 Å². The number of nitrogens with one attached hydrogen (secondary N) is 1. The Labute approximate surface area is 73.7 Å². The fraction of sp³-hybridized carbons (Fsp3) is 0.667. The maximum absolute atomic E-state index is 8.31. The number of nitriles is 1. The number of rotatable bonds is 4. The summed E-state index contributed by atoms with van der Waals surface area (Å²) in [5.74, 6) is 0. The normalized spacial score (nSPS) is 21.3. The lowest BCUT2D eigenvalue weighted by Gasteiger charge is -2.21. The summed E-state index contributed by atoms with van der Waals surface area (Å²) in [6, 6.07) is 2.14. The minimum absolute atomic E-state index is 0.448. The van der Waals surface area contributed by atoms with Gasteiger partial charge >= 0.3 is 0 Å². The van der Waals surface area contributed by atoms with Crippen LogP contribution in [0.3, 0.4) is 0 Å². The van der Waals surface area contributed by atoms with Crippen molar-refractivity contribution in [1.29, 1.82) is 5.26 Å². The standard InChI is InChI=1S/C9H15N3/c1-12-8-4-5-9(12)11-7-3-2-6-10/h4,8-9,11H,2-3,5,7H2,1H3. The van der Waals surface area contributed by atoms with Crippen molar-refractivity contribution in [3.05, 3.63) is 12.3 Å². The van der Waals surface area contributed by atoms with E-state index in [-0.39, 0.29) is 0 Å². The summed E-state index contributed by atoms with van der Waals surface area (Å²) in [5, 5.41) is 11.7. The molecule has 0 spiro atoms. The van der Waals surface area contributed by atoms with Gasteiger partial charge in [-0.2, -0.15) is 5.26 Å². The molecule has 0 radical (unpaired) electrons. The van der Waals surface area contributed by atoms with Crippen LogP contribution in [0.2, 0.25) is 0 Å². The van der Waals surface area contributed by atoms with Crippen molar-refractivity contribution >= 4 is 0 Å². The van der Waals surface area contributed by atoms with Gasteiger partial charge in [-0.3, -0.25) is 5.32 Å². The molecular formula is C9H15N3. The molecule has 1 atom stereocenters. The van der Waals surface area contributed by atoms with Crippen molar-refractivity contribution in [1.82, 2.24) is 10.2 Å². The molecule has 0 saturated carbocycles. The first-order valence-corrected chi connectivity index (χ1v) is 4.33. The Kier molecular flexibility index (Phi) is 3.62. The summed E-state index contributed by atoms with van der Waals surface area (Å²) in [6.07, 6.45) is 7.36. The molecule has 0 aromatic rings. The molecular weight excluding hydrogens is 150 g/mol. The second kappa shape index (κ2) is 4.78. The van der Waals surface area contributed by atoms with Crippen molar-refractivity contribution in [2.75, 3.05) is 13.6 Å². The molecule has 1 rings (SSSR count). The Hall–Kier alpha value is -1.01. The summed E-state index contributed by atoms with van der Waals surface area (Å²) in [5.41, 5.74) is 0. The van der Waals surface area contributed by atoms with Gasteiger partial charge in [-0.1, -0.05) is 6.08 Å². The van der Waals surface area contributed by atoms with Gasteiger partial charge in [0.05, 0.1) is 12.2 Å².